The lowest BCUT2D eigenvalue weighted by Crippen LogP contribution is -1.95. The average molecular weight is 308 g/mol. The maximum Gasteiger partial charge on any atom is 0.139 e. The van der Waals surface area contributed by atoms with Crippen molar-refractivity contribution in [3.05, 3.63) is 72.4 Å². The number of benzene rings is 2. The lowest BCUT2D eigenvalue weighted by atomic mass is 10.1. The molecule has 0 radical (unpaired) electrons. The van der Waals surface area contributed by atoms with E-state index in [0.717, 1.165) is 18.5 Å². The third kappa shape index (κ3) is 3.72. The summed E-state index contributed by atoms with van der Waals surface area (Å²) in [6.45, 7) is 2.10. The van der Waals surface area contributed by atoms with Crippen LogP contribution in [0.15, 0.2) is 60.9 Å². The van der Waals surface area contributed by atoms with E-state index in [9.17, 15) is 4.39 Å². The first kappa shape index (κ1) is 15.2. The number of halogens is 1. The molecule has 23 heavy (non-hydrogen) atoms. The second-order valence-electron chi connectivity index (χ2n) is 5.20. The minimum Gasteiger partial charge on any atom is -0.457 e. The van der Waals surface area contributed by atoms with Gasteiger partial charge in [-0.05, 0) is 30.7 Å². The van der Waals surface area contributed by atoms with Crippen LogP contribution in [0.5, 0.6) is 11.5 Å². The molecule has 3 aromatic rings. The lowest BCUT2D eigenvalue weighted by Gasteiger charge is -2.11. The Kier molecular flexibility index (Phi) is 4.62. The van der Waals surface area contributed by atoms with Crippen molar-refractivity contribution in [2.24, 2.45) is 0 Å². The van der Waals surface area contributed by atoms with Gasteiger partial charge in [0.2, 0.25) is 0 Å². The molecule has 0 atom stereocenters. The van der Waals surface area contributed by atoms with Crippen LogP contribution in [0.3, 0.4) is 0 Å². The number of hydrogen-bond acceptors (Lipinski definition) is 3. The van der Waals surface area contributed by atoms with E-state index >= 15 is 0 Å². The number of aromatic nitrogens is 2. The molecule has 0 fully saturated rings. The van der Waals surface area contributed by atoms with Crippen molar-refractivity contribution in [2.45, 2.75) is 19.8 Å². The molecule has 2 aromatic carbocycles. The Balaban J connectivity index is 1.95. The molecule has 0 spiro atoms. The topological polar surface area (TPSA) is 35.0 Å². The number of aryl methyl sites for hydroxylation is 1. The van der Waals surface area contributed by atoms with Crippen LogP contribution in [-0.4, -0.2) is 9.97 Å². The van der Waals surface area contributed by atoms with Crippen molar-refractivity contribution >= 4 is 0 Å². The molecule has 1 heterocycles. The second-order valence-corrected chi connectivity index (χ2v) is 5.20. The molecule has 0 saturated heterocycles. The van der Waals surface area contributed by atoms with E-state index in [1.54, 1.807) is 18.5 Å². The molecule has 1 aromatic heterocycles. The fourth-order valence-electron chi connectivity index (χ4n) is 2.29. The number of ether oxygens (including phenoxy) is 1. The molecule has 3 nitrogen and oxygen atoms in total. The van der Waals surface area contributed by atoms with Crippen molar-refractivity contribution in [1.29, 1.82) is 0 Å². The molecular formula is C19H17FN2O. The molecule has 0 N–H and O–H groups in total. The SMILES string of the molecule is CCCc1cnc(-c2ccc(F)cc2Oc2ccccc2)cn1. The maximum atomic E-state index is 13.6. The Bertz CT molecular complexity index is 773. The molecule has 0 amide bonds. The van der Waals surface area contributed by atoms with E-state index < -0.39 is 0 Å². The first-order valence-corrected chi connectivity index (χ1v) is 7.60. The molecule has 4 heteroatoms. The molecule has 0 aliphatic carbocycles. The molecule has 116 valence electrons. The number of para-hydroxylation sites is 1. The van der Waals surface area contributed by atoms with Gasteiger partial charge in [-0.25, -0.2) is 4.39 Å². The highest BCUT2D eigenvalue weighted by molar-refractivity contribution is 5.67. The first-order valence-electron chi connectivity index (χ1n) is 7.60. The average Bonchev–Trinajstić information content (AvgIpc) is 2.57. The summed E-state index contributed by atoms with van der Waals surface area (Å²) >= 11 is 0. The molecule has 0 aliphatic rings. The molecule has 3 rings (SSSR count). The van der Waals surface area contributed by atoms with Crippen LogP contribution < -0.4 is 4.74 Å². The fraction of sp³-hybridized carbons (Fsp3) is 0.158. The van der Waals surface area contributed by atoms with Crippen LogP contribution in [0.2, 0.25) is 0 Å². The van der Waals surface area contributed by atoms with E-state index in [0.29, 0.717) is 22.8 Å². The number of rotatable bonds is 5. The standard InChI is InChI=1S/C19H17FN2O/c1-2-6-15-12-22-18(13-21-15)17-10-9-14(20)11-19(17)23-16-7-4-3-5-8-16/h3-5,7-13H,2,6H2,1H3. The highest BCUT2D eigenvalue weighted by atomic mass is 19.1. The van der Waals surface area contributed by atoms with Gasteiger partial charge in [0.15, 0.2) is 0 Å². The van der Waals surface area contributed by atoms with Crippen LogP contribution >= 0.6 is 0 Å². The zero-order valence-corrected chi connectivity index (χ0v) is 12.9. The quantitative estimate of drug-likeness (QED) is 0.663. The van der Waals surface area contributed by atoms with Crippen LogP contribution in [-0.2, 0) is 6.42 Å². The predicted molar refractivity (Wildman–Crippen MR) is 87.9 cm³/mol. The minimum absolute atomic E-state index is 0.352. The van der Waals surface area contributed by atoms with Gasteiger partial charge >= 0.3 is 0 Å². The van der Waals surface area contributed by atoms with E-state index in [1.807, 2.05) is 30.3 Å². The third-order valence-corrected chi connectivity index (χ3v) is 3.40. The van der Waals surface area contributed by atoms with Gasteiger partial charge in [0, 0.05) is 17.8 Å². The van der Waals surface area contributed by atoms with Crippen molar-refractivity contribution < 1.29 is 9.13 Å². The summed E-state index contributed by atoms with van der Waals surface area (Å²) in [5.74, 6) is 0.721. The summed E-state index contributed by atoms with van der Waals surface area (Å²) in [7, 11) is 0. The predicted octanol–water partition coefficient (Wildman–Crippen LogP) is 5.03. The van der Waals surface area contributed by atoms with Gasteiger partial charge in [-0.15, -0.1) is 0 Å². The monoisotopic (exact) mass is 308 g/mol. The molecule has 0 saturated carbocycles. The summed E-state index contributed by atoms with van der Waals surface area (Å²) in [6, 6.07) is 13.7. The van der Waals surface area contributed by atoms with Crippen LogP contribution in [0, 0.1) is 5.82 Å². The highest BCUT2D eigenvalue weighted by Crippen LogP contribution is 2.32. The van der Waals surface area contributed by atoms with Crippen molar-refractivity contribution in [1.82, 2.24) is 9.97 Å². The van der Waals surface area contributed by atoms with E-state index in [1.165, 1.54) is 12.1 Å². The Morgan fingerprint density at radius 2 is 1.83 bits per heavy atom. The van der Waals surface area contributed by atoms with Gasteiger partial charge in [0.1, 0.15) is 17.3 Å². The van der Waals surface area contributed by atoms with Gasteiger partial charge in [-0.2, -0.15) is 0 Å². The Labute approximate surface area is 134 Å². The number of nitrogens with zero attached hydrogens (tertiary/aromatic N) is 2. The van der Waals surface area contributed by atoms with Gasteiger partial charge in [-0.3, -0.25) is 9.97 Å². The van der Waals surface area contributed by atoms with Crippen molar-refractivity contribution in [3.8, 4) is 22.8 Å². The molecule has 0 unspecified atom stereocenters. The zero-order valence-electron chi connectivity index (χ0n) is 12.9. The lowest BCUT2D eigenvalue weighted by molar-refractivity contribution is 0.478. The van der Waals surface area contributed by atoms with Crippen LogP contribution in [0.1, 0.15) is 19.0 Å². The first-order chi connectivity index (χ1) is 11.3. The van der Waals surface area contributed by atoms with Crippen molar-refractivity contribution in [2.75, 3.05) is 0 Å². The van der Waals surface area contributed by atoms with Gasteiger partial charge in [0.25, 0.3) is 0 Å². The second kappa shape index (κ2) is 7.01. The van der Waals surface area contributed by atoms with Crippen molar-refractivity contribution in [3.63, 3.8) is 0 Å². The molecule has 0 aliphatic heterocycles. The third-order valence-electron chi connectivity index (χ3n) is 3.40. The summed E-state index contributed by atoms with van der Waals surface area (Å²) in [5.41, 5.74) is 2.32. The summed E-state index contributed by atoms with van der Waals surface area (Å²) < 4.78 is 19.4. The maximum absolute atomic E-state index is 13.6. The van der Waals surface area contributed by atoms with Gasteiger partial charge < -0.3 is 4.74 Å². The van der Waals surface area contributed by atoms with Crippen LogP contribution in [0.25, 0.3) is 11.3 Å². The van der Waals surface area contributed by atoms with Crippen LogP contribution in [0.4, 0.5) is 4.39 Å². The fourth-order valence-corrected chi connectivity index (χ4v) is 2.29. The largest absolute Gasteiger partial charge is 0.457 e. The number of hydrogen-bond donors (Lipinski definition) is 0. The summed E-state index contributed by atoms with van der Waals surface area (Å²) in [6.07, 6.45) is 5.38. The van der Waals surface area contributed by atoms with Gasteiger partial charge in [-0.1, -0.05) is 31.5 Å². The van der Waals surface area contributed by atoms with E-state index in [2.05, 4.69) is 16.9 Å². The van der Waals surface area contributed by atoms with Gasteiger partial charge in [0.05, 0.1) is 17.6 Å². The zero-order chi connectivity index (χ0) is 16.1. The normalized spacial score (nSPS) is 10.5. The molecule has 0 bridgehead atoms. The highest BCUT2D eigenvalue weighted by Gasteiger charge is 2.11. The summed E-state index contributed by atoms with van der Waals surface area (Å²) in [5, 5.41) is 0. The Hall–Kier alpha value is -2.75. The summed E-state index contributed by atoms with van der Waals surface area (Å²) in [4.78, 5) is 8.84. The molecular weight excluding hydrogens is 291 g/mol. The Morgan fingerprint density at radius 1 is 1.00 bits per heavy atom. The smallest absolute Gasteiger partial charge is 0.139 e. The van der Waals surface area contributed by atoms with E-state index in [4.69, 9.17) is 4.74 Å². The Morgan fingerprint density at radius 3 is 2.52 bits per heavy atom. The van der Waals surface area contributed by atoms with E-state index in [-0.39, 0.29) is 5.82 Å². The minimum atomic E-state index is -0.352.